The van der Waals surface area contributed by atoms with E-state index in [0.717, 1.165) is 0 Å². The molecule has 0 N–H and O–H groups in total. The van der Waals surface area contributed by atoms with Gasteiger partial charge in [0.15, 0.2) is 0 Å². The summed E-state index contributed by atoms with van der Waals surface area (Å²) in [4.78, 5) is 0. The van der Waals surface area contributed by atoms with Gasteiger partial charge in [0.1, 0.15) is 33.7 Å². The Hall–Kier alpha value is 1.98. The van der Waals surface area contributed by atoms with E-state index in [-0.39, 0.29) is 0 Å². The second-order valence-corrected chi connectivity index (χ2v) is 13.4. The summed E-state index contributed by atoms with van der Waals surface area (Å²) in [5.74, 6) is 0. The first-order valence-electron chi connectivity index (χ1n) is 3.61. The maximum absolute atomic E-state index is 5.94. The van der Waals surface area contributed by atoms with Crippen LogP contribution in [-0.4, -0.2) is 5.28 Å². The minimum Gasteiger partial charge on any atom is -0.0591 e. The van der Waals surface area contributed by atoms with Crippen molar-refractivity contribution in [1.29, 1.82) is 0 Å². The van der Waals surface area contributed by atoms with Gasteiger partial charge < -0.3 is 0 Å². The molecule has 0 fully saturated rings. The fourth-order valence-electron chi connectivity index (χ4n) is 0.941. The van der Waals surface area contributed by atoms with E-state index in [1.807, 2.05) is 13.8 Å². The van der Waals surface area contributed by atoms with Crippen LogP contribution in [0, 0.1) is 0 Å². The van der Waals surface area contributed by atoms with Crippen LogP contribution in [0.15, 0.2) is 4.74 Å². The number of hydrogen-bond acceptors (Lipinski definition) is 1. The number of hydrogen-bond donors (Lipinski definition) is 0. The summed E-state index contributed by atoms with van der Waals surface area (Å²) in [6, 6.07) is 0. The van der Waals surface area contributed by atoms with Gasteiger partial charge in [0.25, 0.3) is 5.28 Å². The first-order valence-corrected chi connectivity index (χ1v) is 11.2. The topological polar surface area (TPSA) is 12.4 Å². The third kappa shape index (κ3) is 4.15. The predicted octanol–water partition coefficient (Wildman–Crippen LogP) is 6.95. The predicted molar refractivity (Wildman–Crippen MR) is 68.8 cm³/mol. The summed E-state index contributed by atoms with van der Waals surface area (Å²) in [6.07, 6.45) is -0.131. The fourth-order valence-corrected chi connectivity index (χ4v) is 7.15. The van der Waals surface area contributed by atoms with Gasteiger partial charge in [-0.1, -0.05) is 13.8 Å². The van der Waals surface area contributed by atoms with Crippen molar-refractivity contribution < 1.29 is 0 Å². The van der Waals surface area contributed by atoms with E-state index in [9.17, 15) is 0 Å². The number of rotatable bonds is 4. The van der Waals surface area contributed by atoms with E-state index < -0.39 is 17.0 Å². The van der Waals surface area contributed by atoms with Gasteiger partial charge in [0.05, 0.1) is 0 Å². The zero-order valence-electron chi connectivity index (χ0n) is 7.15. The summed E-state index contributed by atoms with van der Waals surface area (Å²) < 4.78 is 4.17. The van der Waals surface area contributed by atoms with Crippen LogP contribution >= 0.6 is 67.9 Å². The van der Waals surface area contributed by atoms with Crippen LogP contribution < -0.4 is 0 Å². The second-order valence-electron chi connectivity index (χ2n) is 2.45. The van der Waals surface area contributed by atoms with Crippen LogP contribution in [0.5, 0.6) is 0 Å². The molecule has 0 atom stereocenters. The Labute approximate surface area is 104 Å². The lowest BCUT2D eigenvalue weighted by Crippen LogP contribution is -2.20. The van der Waals surface area contributed by atoms with Crippen LogP contribution in [0.2, 0.25) is 0 Å². The SMILES string of the molecule is CCC(CC)(N=[P+](Cl)Cl)[P+](Cl)(Cl)Cl. The molecule has 8 heteroatoms. The third-order valence-electron chi connectivity index (χ3n) is 1.87. The molecule has 13 heavy (non-hydrogen) atoms. The Morgan fingerprint density at radius 1 is 1.15 bits per heavy atom. The Morgan fingerprint density at radius 2 is 1.54 bits per heavy atom. The average molecular weight is 323 g/mol. The van der Waals surface area contributed by atoms with Crippen molar-refractivity contribution in [1.82, 2.24) is 0 Å². The van der Waals surface area contributed by atoms with E-state index in [4.69, 9.17) is 56.2 Å². The molecule has 0 heterocycles. The van der Waals surface area contributed by atoms with Gasteiger partial charge in [0, 0.05) is 12.8 Å². The molecule has 0 bridgehead atoms. The molecule has 0 aliphatic carbocycles. The summed E-state index contributed by atoms with van der Waals surface area (Å²) in [7, 11) is 0. The van der Waals surface area contributed by atoms with Crippen LogP contribution in [0.1, 0.15) is 26.7 Å². The summed E-state index contributed by atoms with van der Waals surface area (Å²) >= 11 is 29.1. The van der Waals surface area contributed by atoms with Crippen LogP contribution in [0.3, 0.4) is 0 Å². The molecular formula is C5H10Cl5NP2+2. The van der Waals surface area contributed by atoms with Crippen LogP contribution in [-0.2, 0) is 0 Å². The molecule has 0 radical (unpaired) electrons. The Bertz CT molecular complexity index is 194. The molecule has 0 aromatic rings. The minimum absolute atomic E-state index is 0.645. The van der Waals surface area contributed by atoms with Crippen molar-refractivity contribution in [3.8, 4) is 0 Å². The van der Waals surface area contributed by atoms with E-state index in [2.05, 4.69) is 4.74 Å². The molecule has 0 saturated heterocycles. The highest BCUT2D eigenvalue weighted by atomic mass is 36.1. The monoisotopic (exact) mass is 321 g/mol. The first kappa shape index (κ1) is 15.0. The molecule has 0 saturated carbocycles. The minimum atomic E-state index is -2.61. The third-order valence-corrected chi connectivity index (χ3v) is 7.52. The van der Waals surface area contributed by atoms with Gasteiger partial charge >= 0.3 is 11.7 Å². The van der Waals surface area contributed by atoms with Gasteiger partial charge in [-0.25, -0.2) is 0 Å². The smallest absolute Gasteiger partial charge is 0.0591 e. The van der Waals surface area contributed by atoms with E-state index in [1.165, 1.54) is 0 Å². The molecular weight excluding hydrogens is 313 g/mol. The summed E-state index contributed by atoms with van der Waals surface area (Å²) in [5.41, 5.74) is 0. The van der Waals surface area contributed by atoms with Crippen molar-refractivity contribution in [3.05, 3.63) is 0 Å². The van der Waals surface area contributed by atoms with Crippen molar-refractivity contribution >= 4 is 67.9 Å². The fraction of sp³-hybridized carbons (Fsp3) is 1.00. The summed E-state index contributed by atoms with van der Waals surface area (Å²) in [6.45, 7) is 3.84. The highest BCUT2D eigenvalue weighted by Crippen LogP contribution is 2.84. The Kier molecular flexibility index (Phi) is 6.80. The van der Waals surface area contributed by atoms with Crippen LogP contribution in [0.4, 0.5) is 0 Å². The van der Waals surface area contributed by atoms with Gasteiger partial charge in [-0.2, -0.15) is 0 Å². The van der Waals surface area contributed by atoms with Crippen molar-refractivity contribution in [2.45, 2.75) is 32.0 Å². The highest BCUT2D eigenvalue weighted by Gasteiger charge is 2.59. The molecule has 0 aliphatic heterocycles. The van der Waals surface area contributed by atoms with Gasteiger partial charge in [0.2, 0.25) is 22.5 Å². The van der Waals surface area contributed by atoms with E-state index in [0.29, 0.717) is 12.8 Å². The largest absolute Gasteiger partial charge is 0.443 e. The quantitative estimate of drug-likeness (QED) is 0.496. The molecule has 0 rings (SSSR count). The molecule has 1 nitrogen and oxygen atoms in total. The number of halogens is 5. The molecule has 0 unspecified atom stereocenters. The molecule has 0 amide bonds. The van der Waals surface area contributed by atoms with Gasteiger partial charge in [-0.05, 0) is 4.74 Å². The van der Waals surface area contributed by atoms with Gasteiger partial charge in [-0.3, -0.25) is 0 Å². The van der Waals surface area contributed by atoms with Crippen LogP contribution in [0.25, 0.3) is 0 Å². The molecule has 0 aromatic carbocycles. The molecule has 78 valence electrons. The lowest BCUT2D eigenvalue weighted by molar-refractivity contribution is 0.576. The average Bonchev–Trinajstić information content (AvgIpc) is 1.97. The lowest BCUT2D eigenvalue weighted by Gasteiger charge is -2.20. The van der Waals surface area contributed by atoms with E-state index >= 15 is 0 Å². The maximum atomic E-state index is 5.94. The van der Waals surface area contributed by atoms with Crippen molar-refractivity contribution in [3.63, 3.8) is 0 Å². The standard InChI is InChI=1S/C5H10Cl5NP2/c1-3-5(4-2,11-12(6)7)13(8,9)10/h3-4H2,1-2H3/q+2. The zero-order chi connectivity index (χ0) is 10.7. The number of nitrogens with zero attached hydrogens (tertiary/aromatic N) is 1. The lowest BCUT2D eigenvalue weighted by atomic mass is 10.2. The maximum Gasteiger partial charge on any atom is 0.443 e. The Morgan fingerprint density at radius 3 is 1.62 bits per heavy atom. The molecule has 0 aliphatic rings. The molecule has 0 spiro atoms. The highest BCUT2D eigenvalue weighted by molar-refractivity contribution is 8.33. The normalized spacial score (nSPS) is 12.8. The molecule has 0 aromatic heterocycles. The Balaban J connectivity index is 5.05. The van der Waals surface area contributed by atoms with E-state index in [1.54, 1.807) is 0 Å². The summed E-state index contributed by atoms with van der Waals surface area (Å²) in [5, 5.41) is -3.27. The van der Waals surface area contributed by atoms with Gasteiger partial charge in [-0.15, -0.1) is 0 Å². The zero-order valence-corrected chi connectivity index (χ0v) is 12.7. The first-order chi connectivity index (χ1) is 5.79. The second kappa shape index (κ2) is 5.90. The van der Waals surface area contributed by atoms with Crippen molar-refractivity contribution in [2.24, 2.45) is 4.74 Å². The van der Waals surface area contributed by atoms with Crippen molar-refractivity contribution in [2.75, 3.05) is 0 Å².